The molecule has 2 amide bonds. The first-order valence-electron chi connectivity index (χ1n) is 8.86. The average molecular weight is 385 g/mol. The van der Waals surface area contributed by atoms with Crippen molar-refractivity contribution >= 4 is 23.3 Å². The minimum absolute atomic E-state index is 0.356. The number of carbonyl (C=O) groups is 1. The third-order valence-corrected chi connectivity index (χ3v) is 5.25. The number of aryl methyl sites for hydroxylation is 4. The third kappa shape index (κ3) is 3.42. The van der Waals surface area contributed by atoms with Gasteiger partial charge in [0, 0.05) is 38.9 Å². The summed E-state index contributed by atoms with van der Waals surface area (Å²) < 4.78 is 3.73. The number of urea groups is 1. The lowest BCUT2D eigenvalue weighted by molar-refractivity contribution is 0.249. The van der Waals surface area contributed by atoms with Gasteiger partial charge in [0.25, 0.3) is 0 Å². The standard InChI is InChI=1S/C19H21ClN6O/c1-25-8-6-21-17(25)16(18-22-7-9-26(18)2)24-19(27)23-15-11-13-5-3-4-12(13)10-14(15)20/h6-11,16H,3-5H2,1-2H3,(H2,23,24,27). The van der Waals surface area contributed by atoms with E-state index in [1.54, 1.807) is 12.4 Å². The molecule has 8 heteroatoms. The minimum Gasteiger partial charge on any atom is -0.336 e. The second kappa shape index (κ2) is 7.08. The maximum absolute atomic E-state index is 12.7. The number of aromatic nitrogens is 4. The van der Waals surface area contributed by atoms with Crippen molar-refractivity contribution < 1.29 is 4.79 Å². The highest BCUT2D eigenvalue weighted by Crippen LogP contribution is 2.31. The lowest BCUT2D eigenvalue weighted by Gasteiger charge is -2.19. The number of anilines is 1. The van der Waals surface area contributed by atoms with E-state index in [0.29, 0.717) is 22.4 Å². The zero-order valence-corrected chi connectivity index (χ0v) is 16.0. The Morgan fingerprint density at radius 3 is 2.22 bits per heavy atom. The van der Waals surface area contributed by atoms with Gasteiger partial charge in [0.2, 0.25) is 0 Å². The van der Waals surface area contributed by atoms with Crippen molar-refractivity contribution in [3.05, 3.63) is 64.7 Å². The second-order valence-electron chi connectivity index (χ2n) is 6.78. The van der Waals surface area contributed by atoms with Gasteiger partial charge in [0.15, 0.2) is 0 Å². The average Bonchev–Trinajstić information content (AvgIpc) is 3.35. The van der Waals surface area contributed by atoms with Gasteiger partial charge in [-0.2, -0.15) is 0 Å². The lowest BCUT2D eigenvalue weighted by atomic mass is 10.1. The van der Waals surface area contributed by atoms with E-state index in [0.717, 1.165) is 19.3 Å². The number of imidazole rings is 2. The Morgan fingerprint density at radius 2 is 1.67 bits per heavy atom. The molecule has 2 aromatic heterocycles. The van der Waals surface area contributed by atoms with Gasteiger partial charge in [-0.15, -0.1) is 0 Å². The quantitative estimate of drug-likeness (QED) is 0.725. The van der Waals surface area contributed by atoms with Crippen molar-refractivity contribution in [2.75, 3.05) is 5.32 Å². The van der Waals surface area contributed by atoms with Crippen LogP contribution in [0.5, 0.6) is 0 Å². The van der Waals surface area contributed by atoms with Gasteiger partial charge in [-0.3, -0.25) is 0 Å². The number of fused-ring (bicyclic) bond motifs is 1. The van der Waals surface area contributed by atoms with E-state index < -0.39 is 6.04 Å². The molecule has 0 spiro atoms. The van der Waals surface area contributed by atoms with Crippen molar-refractivity contribution in [3.8, 4) is 0 Å². The summed E-state index contributed by atoms with van der Waals surface area (Å²) in [5.74, 6) is 1.39. The van der Waals surface area contributed by atoms with Gasteiger partial charge >= 0.3 is 6.03 Å². The van der Waals surface area contributed by atoms with E-state index in [2.05, 4.69) is 20.6 Å². The molecule has 0 radical (unpaired) electrons. The molecule has 140 valence electrons. The molecule has 0 saturated carbocycles. The molecule has 0 fully saturated rings. The van der Waals surface area contributed by atoms with Gasteiger partial charge in [0.1, 0.15) is 17.7 Å². The number of rotatable bonds is 4. The molecular weight excluding hydrogens is 364 g/mol. The Kier molecular flexibility index (Phi) is 4.61. The molecule has 0 bridgehead atoms. The zero-order chi connectivity index (χ0) is 19.0. The number of halogens is 1. The topological polar surface area (TPSA) is 76.8 Å². The van der Waals surface area contributed by atoms with Crippen molar-refractivity contribution in [1.29, 1.82) is 0 Å². The number of benzene rings is 1. The van der Waals surface area contributed by atoms with Crippen molar-refractivity contribution in [1.82, 2.24) is 24.4 Å². The van der Waals surface area contributed by atoms with Crippen molar-refractivity contribution in [2.24, 2.45) is 14.1 Å². The SMILES string of the molecule is Cn1ccnc1C(NC(=O)Nc1cc2c(cc1Cl)CCC2)c1nccn1C. The molecule has 1 aromatic carbocycles. The maximum atomic E-state index is 12.7. The smallest absolute Gasteiger partial charge is 0.320 e. The summed E-state index contributed by atoms with van der Waals surface area (Å²) in [5.41, 5.74) is 3.14. The highest BCUT2D eigenvalue weighted by Gasteiger charge is 2.25. The first kappa shape index (κ1) is 17.6. The Balaban J connectivity index is 1.58. The predicted octanol–water partition coefficient (Wildman–Crippen LogP) is 3.21. The Morgan fingerprint density at radius 1 is 1.07 bits per heavy atom. The molecule has 0 aliphatic heterocycles. The fourth-order valence-electron chi connectivity index (χ4n) is 3.53. The van der Waals surface area contributed by atoms with Gasteiger partial charge in [-0.05, 0) is 42.5 Å². The molecule has 2 N–H and O–H groups in total. The predicted molar refractivity (Wildman–Crippen MR) is 104 cm³/mol. The molecule has 1 aliphatic rings. The highest BCUT2D eigenvalue weighted by molar-refractivity contribution is 6.33. The number of carbonyl (C=O) groups excluding carboxylic acids is 1. The molecule has 0 unspecified atom stereocenters. The normalized spacial score (nSPS) is 13.0. The van der Waals surface area contributed by atoms with Crippen LogP contribution in [-0.2, 0) is 26.9 Å². The van der Waals surface area contributed by atoms with Crippen molar-refractivity contribution in [3.63, 3.8) is 0 Å². The van der Waals surface area contributed by atoms with Crippen LogP contribution in [0.2, 0.25) is 5.02 Å². The van der Waals surface area contributed by atoms with Crippen LogP contribution in [0, 0.1) is 0 Å². The molecule has 0 atom stereocenters. The second-order valence-corrected chi connectivity index (χ2v) is 7.19. The molecule has 7 nitrogen and oxygen atoms in total. The van der Waals surface area contributed by atoms with Crippen LogP contribution in [-0.4, -0.2) is 25.1 Å². The summed E-state index contributed by atoms with van der Waals surface area (Å²) in [6.07, 6.45) is 10.3. The van der Waals surface area contributed by atoms with Crippen LogP contribution in [0.1, 0.15) is 35.2 Å². The van der Waals surface area contributed by atoms with Gasteiger partial charge in [-0.1, -0.05) is 11.6 Å². The van der Waals surface area contributed by atoms with Crippen LogP contribution in [0.3, 0.4) is 0 Å². The Bertz CT molecular complexity index is 952. The molecule has 0 saturated heterocycles. The van der Waals surface area contributed by atoms with E-state index in [4.69, 9.17) is 11.6 Å². The summed E-state index contributed by atoms with van der Waals surface area (Å²) in [4.78, 5) is 21.5. The molecule has 27 heavy (non-hydrogen) atoms. The van der Waals surface area contributed by atoms with E-state index in [1.807, 2.05) is 47.8 Å². The van der Waals surface area contributed by atoms with Gasteiger partial charge < -0.3 is 19.8 Å². The summed E-state index contributed by atoms with van der Waals surface area (Å²) in [6.45, 7) is 0. The zero-order valence-electron chi connectivity index (χ0n) is 15.2. The maximum Gasteiger partial charge on any atom is 0.320 e. The Labute approximate surface area is 162 Å². The number of nitrogens with zero attached hydrogens (tertiary/aromatic N) is 4. The van der Waals surface area contributed by atoms with Crippen LogP contribution < -0.4 is 10.6 Å². The monoisotopic (exact) mass is 384 g/mol. The van der Waals surface area contributed by atoms with Crippen LogP contribution in [0.25, 0.3) is 0 Å². The van der Waals surface area contributed by atoms with E-state index >= 15 is 0 Å². The number of nitrogens with one attached hydrogen (secondary N) is 2. The number of amides is 2. The van der Waals surface area contributed by atoms with Crippen LogP contribution >= 0.6 is 11.6 Å². The summed E-state index contributed by atoms with van der Waals surface area (Å²) in [7, 11) is 3.77. The van der Waals surface area contributed by atoms with Crippen LogP contribution in [0.15, 0.2) is 36.9 Å². The molecule has 4 rings (SSSR count). The molecular formula is C19H21ClN6O. The first-order valence-corrected chi connectivity index (χ1v) is 9.24. The lowest BCUT2D eigenvalue weighted by Crippen LogP contribution is -2.36. The van der Waals surface area contributed by atoms with E-state index in [9.17, 15) is 4.79 Å². The van der Waals surface area contributed by atoms with Crippen molar-refractivity contribution in [2.45, 2.75) is 25.3 Å². The largest absolute Gasteiger partial charge is 0.336 e. The van der Waals surface area contributed by atoms with Crippen LogP contribution in [0.4, 0.5) is 10.5 Å². The number of hydrogen-bond acceptors (Lipinski definition) is 3. The summed E-state index contributed by atoms with van der Waals surface area (Å²) in [5, 5.41) is 6.40. The van der Waals surface area contributed by atoms with Gasteiger partial charge in [0.05, 0.1) is 10.7 Å². The first-order chi connectivity index (χ1) is 13.0. The molecule has 2 heterocycles. The molecule has 1 aliphatic carbocycles. The fourth-order valence-corrected chi connectivity index (χ4v) is 3.77. The van der Waals surface area contributed by atoms with E-state index in [-0.39, 0.29) is 6.03 Å². The third-order valence-electron chi connectivity index (χ3n) is 4.94. The minimum atomic E-state index is -0.488. The summed E-state index contributed by atoms with van der Waals surface area (Å²) in [6, 6.07) is 3.08. The fraction of sp³-hybridized carbons (Fsp3) is 0.316. The molecule has 3 aromatic rings. The number of hydrogen-bond donors (Lipinski definition) is 2. The van der Waals surface area contributed by atoms with Gasteiger partial charge in [-0.25, -0.2) is 14.8 Å². The highest BCUT2D eigenvalue weighted by atomic mass is 35.5. The summed E-state index contributed by atoms with van der Waals surface area (Å²) >= 11 is 6.36. The van der Waals surface area contributed by atoms with E-state index in [1.165, 1.54) is 11.1 Å². The Hall–Kier alpha value is -2.80.